The normalized spacial score (nSPS) is 20.4. The molecule has 1 aliphatic rings. The molecule has 0 aliphatic carbocycles. The van der Waals surface area contributed by atoms with Crippen LogP contribution in [-0.2, 0) is 22.3 Å². The highest BCUT2D eigenvalue weighted by Crippen LogP contribution is 2.33. The molecule has 0 aromatic heterocycles. The first kappa shape index (κ1) is 26.4. The summed E-state index contributed by atoms with van der Waals surface area (Å²) in [5, 5.41) is 22.0. The molecule has 1 fully saturated rings. The van der Waals surface area contributed by atoms with E-state index in [4.69, 9.17) is 18.9 Å². The van der Waals surface area contributed by atoms with Crippen LogP contribution in [0.1, 0.15) is 31.4 Å². The second-order valence-electron chi connectivity index (χ2n) is 9.16. The molecule has 0 amide bonds. The second-order valence-corrected chi connectivity index (χ2v) is 9.16. The van der Waals surface area contributed by atoms with Crippen molar-refractivity contribution in [3.05, 3.63) is 59.7 Å². The Morgan fingerprint density at radius 1 is 1.03 bits per heavy atom. The highest BCUT2D eigenvalue weighted by atomic mass is 16.6. The maximum absolute atomic E-state index is 11.4. The summed E-state index contributed by atoms with van der Waals surface area (Å²) in [4.78, 5) is 1.71. The van der Waals surface area contributed by atoms with E-state index in [-0.39, 0.29) is 17.9 Å². The number of aliphatic hydroxyl groups is 2. The first-order valence-corrected chi connectivity index (χ1v) is 12.0. The van der Waals surface area contributed by atoms with E-state index in [1.54, 1.807) is 19.1 Å². The third-order valence-corrected chi connectivity index (χ3v) is 6.42. The van der Waals surface area contributed by atoms with Crippen molar-refractivity contribution in [2.75, 3.05) is 34.0 Å². The van der Waals surface area contributed by atoms with Crippen molar-refractivity contribution in [2.45, 2.75) is 51.8 Å². The largest absolute Gasteiger partial charge is 0.493 e. The molecule has 0 bridgehead atoms. The molecule has 34 heavy (non-hydrogen) atoms. The van der Waals surface area contributed by atoms with E-state index in [0.29, 0.717) is 44.2 Å². The third kappa shape index (κ3) is 6.93. The fraction of sp³-hybridized carbons (Fsp3) is 0.556. The average molecular weight is 474 g/mol. The number of hydrogen-bond acceptors (Lipinski definition) is 7. The van der Waals surface area contributed by atoms with Crippen molar-refractivity contribution < 1.29 is 29.2 Å². The van der Waals surface area contributed by atoms with E-state index in [1.807, 2.05) is 36.4 Å². The van der Waals surface area contributed by atoms with E-state index in [9.17, 15) is 10.2 Å². The van der Waals surface area contributed by atoms with Gasteiger partial charge in [0.25, 0.3) is 0 Å². The van der Waals surface area contributed by atoms with Crippen LogP contribution in [0, 0.1) is 11.8 Å². The SMILES string of the molecule is COCCCOc1cc(C[C@H](C(C)C)C(O)N2C(O)OC[C@H]2Cc2ccccc2)ccc1OC. The molecule has 7 nitrogen and oxygen atoms in total. The number of ether oxygens (including phenoxy) is 4. The lowest BCUT2D eigenvalue weighted by atomic mass is 9.86. The molecule has 0 radical (unpaired) electrons. The summed E-state index contributed by atoms with van der Waals surface area (Å²) in [5.74, 6) is 1.41. The van der Waals surface area contributed by atoms with Gasteiger partial charge in [0, 0.05) is 32.1 Å². The Morgan fingerprint density at radius 3 is 2.47 bits per heavy atom. The van der Waals surface area contributed by atoms with Crippen LogP contribution < -0.4 is 9.47 Å². The summed E-state index contributed by atoms with van der Waals surface area (Å²) < 4.78 is 22.0. The molecule has 0 spiro atoms. The van der Waals surface area contributed by atoms with Crippen LogP contribution in [0.4, 0.5) is 0 Å². The molecule has 3 rings (SSSR count). The Labute approximate surface area is 203 Å². The molecule has 188 valence electrons. The van der Waals surface area contributed by atoms with Crippen molar-refractivity contribution in [1.82, 2.24) is 4.90 Å². The Bertz CT molecular complexity index is 861. The average Bonchev–Trinajstić information content (AvgIpc) is 3.20. The molecule has 2 aromatic rings. The zero-order chi connectivity index (χ0) is 24.5. The minimum absolute atomic E-state index is 0.107. The van der Waals surface area contributed by atoms with E-state index in [0.717, 1.165) is 17.5 Å². The minimum Gasteiger partial charge on any atom is -0.493 e. The summed E-state index contributed by atoms with van der Waals surface area (Å²) >= 11 is 0. The van der Waals surface area contributed by atoms with Gasteiger partial charge in [0.1, 0.15) is 6.23 Å². The van der Waals surface area contributed by atoms with Gasteiger partial charge >= 0.3 is 0 Å². The van der Waals surface area contributed by atoms with E-state index >= 15 is 0 Å². The lowest BCUT2D eigenvalue weighted by Crippen LogP contribution is -2.50. The maximum Gasteiger partial charge on any atom is 0.218 e. The lowest BCUT2D eigenvalue weighted by Gasteiger charge is -2.37. The number of benzene rings is 2. The fourth-order valence-corrected chi connectivity index (χ4v) is 4.47. The first-order chi connectivity index (χ1) is 16.4. The molecular formula is C27H39NO6. The smallest absolute Gasteiger partial charge is 0.218 e. The fourth-order valence-electron chi connectivity index (χ4n) is 4.47. The molecule has 0 saturated carbocycles. The van der Waals surface area contributed by atoms with Gasteiger partial charge in [-0.15, -0.1) is 0 Å². The number of methoxy groups -OCH3 is 2. The molecule has 2 N–H and O–H groups in total. The van der Waals surface area contributed by atoms with Crippen LogP contribution in [-0.4, -0.2) is 67.8 Å². The van der Waals surface area contributed by atoms with E-state index < -0.39 is 12.6 Å². The van der Waals surface area contributed by atoms with Gasteiger partial charge in [0.15, 0.2) is 11.5 Å². The molecule has 2 aromatic carbocycles. The van der Waals surface area contributed by atoms with Crippen LogP contribution in [0.3, 0.4) is 0 Å². The van der Waals surface area contributed by atoms with Gasteiger partial charge in [-0.25, -0.2) is 4.90 Å². The Kier molecular flexibility index (Phi) is 10.2. The summed E-state index contributed by atoms with van der Waals surface area (Å²) in [7, 11) is 3.30. The molecule has 1 heterocycles. The standard InChI is InChI=1S/C27H39NO6/c1-19(2)23(16-21-11-12-24(32-4)25(17-21)33-14-8-13-31-3)26(29)28-22(18-34-27(28)30)15-20-9-6-5-7-10-20/h5-7,9-12,17,19,22-23,26-27,29-30H,8,13-16,18H2,1-4H3/t22-,23-,26?,27?/m1/s1. The lowest BCUT2D eigenvalue weighted by molar-refractivity contribution is -0.198. The quantitative estimate of drug-likeness (QED) is 0.431. The monoisotopic (exact) mass is 473 g/mol. The molecule has 2 unspecified atom stereocenters. The minimum atomic E-state index is -1.12. The van der Waals surface area contributed by atoms with Crippen LogP contribution in [0.15, 0.2) is 48.5 Å². The molecular weight excluding hydrogens is 434 g/mol. The van der Waals surface area contributed by atoms with Crippen molar-refractivity contribution in [3.63, 3.8) is 0 Å². The zero-order valence-electron chi connectivity index (χ0n) is 20.7. The molecule has 1 saturated heterocycles. The van der Waals surface area contributed by atoms with Gasteiger partial charge in [0.2, 0.25) is 6.41 Å². The van der Waals surface area contributed by atoms with Gasteiger partial charge in [-0.05, 0) is 42.0 Å². The summed E-state index contributed by atoms with van der Waals surface area (Å²) in [6, 6.07) is 15.9. The van der Waals surface area contributed by atoms with Crippen molar-refractivity contribution in [3.8, 4) is 11.5 Å². The van der Waals surface area contributed by atoms with Crippen molar-refractivity contribution in [2.24, 2.45) is 11.8 Å². The Morgan fingerprint density at radius 2 is 1.79 bits per heavy atom. The molecule has 1 aliphatic heterocycles. The first-order valence-electron chi connectivity index (χ1n) is 12.0. The van der Waals surface area contributed by atoms with Gasteiger partial charge < -0.3 is 29.2 Å². The molecule has 7 heteroatoms. The van der Waals surface area contributed by atoms with E-state index in [2.05, 4.69) is 26.0 Å². The zero-order valence-corrected chi connectivity index (χ0v) is 20.7. The Hall–Kier alpha value is -2.16. The van der Waals surface area contributed by atoms with Crippen molar-refractivity contribution >= 4 is 0 Å². The molecule has 4 atom stereocenters. The van der Waals surface area contributed by atoms with Gasteiger partial charge in [-0.3, -0.25) is 0 Å². The van der Waals surface area contributed by atoms with Crippen LogP contribution >= 0.6 is 0 Å². The van der Waals surface area contributed by atoms with Gasteiger partial charge in [-0.1, -0.05) is 50.2 Å². The van der Waals surface area contributed by atoms with Crippen LogP contribution in [0.2, 0.25) is 0 Å². The number of rotatable bonds is 13. The Balaban J connectivity index is 1.74. The highest BCUT2D eigenvalue weighted by molar-refractivity contribution is 5.43. The number of aliphatic hydroxyl groups excluding tert-OH is 2. The summed E-state index contributed by atoms with van der Waals surface area (Å²) in [5.41, 5.74) is 2.18. The van der Waals surface area contributed by atoms with Crippen LogP contribution in [0.5, 0.6) is 11.5 Å². The van der Waals surface area contributed by atoms with Crippen molar-refractivity contribution in [1.29, 1.82) is 0 Å². The second kappa shape index (κ2) is 13.1. The highest BCUT2D eigenvalue weighted by Gasteiger charge is 2.41. The summed E-state index contributed by atoms with van der Waals surface area (Å²) in [6.07, 6.45) is 0.118. The predicted molar refractivity (Wildman–Crippen MR) is 131 cm³/mol. The predicted octanol–water partition coefficient (Wildman–Crippen LogP) is 3.46. The van der Waals surface area contributed by atoms with E-state index in [1.165, 1.54) is 0 Å². The van der Waals surface area contributed by atoms with Gasteiger partial charge in [0.05, 0.1) is 20.3 Å². The maximum atomic E-state index is 11.4. The topological polar surface area (TPSA) is 80.6 Å². The number of nitrogens with zero attached hydrogens (tertiary/aromatic N) is 1. The third-order valence-electron chi connectivity index (χ3n) is 6.42. The summed E-state index contributed by atoms with van der Waals surface area (Å²) in [6.45, 7) is 5.72. The van der Waals surface area contributed by atoms with Gasteiger partial charge in [-0.2, -0.15) is 0 Å². The van der Waals surface area contributed by atoms with Crippen LogP contribution in [0.25, 0.3) is 0 Å². The number of hydrogen-bond donors (Lipinski definition) is 2.